The molecule has 2 nitrogen and oxygen atoms in total. The zero-order valence-corrected chi connectivity index (χ0v) is 5.84. The third-order valence-corrected chi connectivity index (χ3v) is 1.36. The average molecular weight is 178 g/mol. The number of carbonyl (C=O) groups is 1. The number of nitrogens with two attached hydrogens (primary N) is 1. The molecular formula is C2H5NOSn. The van der Waals surface area contributed by atoms with E-state index in [0.29, 0.717) is 0 Å². The van der Waals surface area contributed by atoms with Gasteiger partial charge in [0.1, 0.15) is 0 Å². The summed E-state index contributed by atoms with van der Waals surface area (Å²) >= 11 is -1.00. The monoisotopic (exact) mass is 179 g/mol. The molecule has 0 aliphatic heterocycles. The predicted molar refractivity (Wildman–Crippen MR) is 20.6 cm³/mol. The topological polar surface area (TPSA) is 43.1 Å². The van der Waals surface area contributed by atoms with Crippen LogP contribution in [0.5, 0.6) is 0 Å². The normalized spacial score (nSPS) is 7.60. The van der Waals surface area contributed by atoms with Gasteiger partial charge in [-0.1, -0.05) is 0 Å². The van der Waals surface area contributed by atoms with Crippen molar-refractivity contribution in [2.24, 2.45) is 3.96 Å². The van der Waals surface area contributed by atoms with Crippen molar-refractivity contribution in [2.75, 3.05) is 0 Å². The van der Waals surface area contributed by atoms with Crippen LogP contribution in [-0.4, -0.2) is 25.2 Å². The number of rotatable bonds is 1. The first kappa shape index (κ1) is 5.43. The Balaban J connectivity index is 2.85. The summed E-state index contributed by atoms with van der Waals surface area (Å²) in [4.78, 5) is 9.76. The van der Waals surface area contributed by atoms with Crippen molar-refractivity contribution in [3.05, 3.63) is 0 Å². The number of carbonyl (C=O) groups excluding carboxylic acids is 1. The average Bonchev–Trinajstić information content (AvgIpc) is 1.38. The Morgan fingerprint density at radius 1 is 2.00 bits per heavy atom. The molecule has 28 valence electrons. The van der Waals surface area contributed by atoms with Crippen molar-refractivity contribution in [1.29, 1.82) is 0 Å². The van der Waals surface area contributed by atoms with Crippen molar-refractivity contribution in [3.8, 4) is 0 Å². The van der Waals surface area contributed by atoms with Crippen LogP contribution in [0, 0.1) is 0 Å². The van der Waals surface area contributed by atoms with Gasteiger partial charge in [-0.05, 0) is 0 Å². The van der Waals surface area contributed by atoms with Crippen LogP contribution in [-0.2, 0) is 4.79 Å². The van der Waals surface area contributed by atoms with E-state index in [0.717, 1.165) is 0 Å². The van der Waals surface area contributed by atoms with Crippen molar-refractivity contribution in [1.82, 2.24) is 0 Å². The quantitative estimate of drug-likeness (QED) is 0.529. The van der Waals surface area contributed by atoms with E-state index in [1.54, 1.807) is 0 Å². The molecule has 0 aromatic heterocycles. The predicted octanol–water partition coefficient (Wildman–Crippen LogP) is -0.889. The van der Waals surface area contributed by atoms with E-state index in [-0.39, 0.29) is 3.80 Å². The van der Waals surface area contributed by atoms with Crippen molar-refractivity contribution in [2.45, 2.75) is 6.92 Å². The van der Waals surface area contributed by atoms with Gasteiger partial charge in [-0.2, -0.15) is 0 Å². The van der Waals surface area contributed by atoms with E-state index in [2.05, 4.69) is 0 Å². The van der Waals surface area contributed by atoms with Crippen molar-refractivity contribution >= 4 is 25.2 Å². The standard InChI is InChI=1S/C2H3O.H2N.Sn/c1-2-3;;/h1H3;1H2;/q;-1;+1. The Kier molecular flexibility index (Phi) is 2.88. The van der Waals surface area contributed by atoms with E-state index in [1.165, 1.54) is 6.92 Å². The van der Waals surface area contributed by atoms with E-state index >= 15 is 0 Å². The first-order valence-electron chi connectivity index (χ1n) is 1.24. The summed E-state index contributed by atoms with van der Waals surface area (Å²) in [5, 5.41) is 0. The van der Waals surface area contributed by atoms with Gasteiger partial charge in [-0.25, -0.2) is 0 Å². The second kappa shape index (κ2) is 2.65. The Bertz CT molecular complexity index is 44.9. The molecule has 0 aromatic carbocycles. The molecule has 0 rings (SSSR count). The number of hydrogen-bond donors (Lipinski definition) is 1. The van der Waals surface area contributed by atoms with Crippen LogP contribution >= 0.6 is 0 Å². The van der Waals surface area contributed by atoms with Crippen LogP contribution in [0.25, 0.3) is 0 Å². The molecule has 5 heavy (non-hydrogen) atoms. The third kappa shape index (κ3) is 4.43. The summed E-state index contributed by atoms with van der Waals surface area (Å²) in [6, 6.07) is 0. The molecule has 2 N–H and O–H groups in total. The molecule has 0 unspecified atom stereocenters. The van der Waals surface area contributed by atoms with Gasteiger partial charge in [0.15, 0.2) is 0 Å². The molecule has 0 atom stereocenters. The molecule has 0 aliphatic carbocycles. The minimum absolute atomic E-state index is 0.202. The Hall–Kier alpha value is 0.429. The molecule has 0 saturated heterocycles. The molecule has 0 aromatic rings. The first-order valence-corrected chi connectivity index (χ1v) is 4.32. The fourth-order valence-corrected chi connectivity index (χ4v) is 0. The van der Waals surface area contributed by atoms with Crippen LogP contribution in [0.2, 0.25) is 0 Å². The van der Waals surface area contributed by atoms with Crippen LogP contribution in [0.3, 0.4) is 0 Å². The van der Waals surface area contributed by atoms with Gasteiger partial charge in [0.2, 0.25) is 0 Å². The maximum absolute atomic E-state index is 9.76. The summed E-state index contributed by atoms with van der Waals surface area (Å²) in [6.45, 7) is 1.53. The SMILES string of the molecule is C[C](=O)[Sn][NH2]. The van der Waals surface area contributed by atoms with Gasteiger partial charge in [-0.15, -0.1) is 0 Å². The molecule has 0 bridgehead atoms. The third-order valence-electron chi connectivity index (χ3n) is 0.203. The number of hydrogen-bond acceptors (Lipinski definition) is 2. The van der Waals surface area contributed by atoms with Gasteiger partial charge >= 0.3 is 40.9 Å². The molecule has 0 aliphatic rings. The van der Waals surface area contributed by atoms with E-state index < -0.39 is 21.4 Å². The van der Waals surface area contributed by atoms with Crippen LogP contribution in [0.15, 0.2) is 0 Å². The fourth-order valence-electron chi connectivity index (χ4n) is 0. The Morgan fingerprint density at radius 3 is 2.20 bits per heavy atom. The Morgan fingerprint density at radius 2 is 2.20 bits per heavy atom. The molecule has 3 heteroatoms. The van der Waals surface area contributed by atoms with Gasteiger partial charge in [-0.3, -0.25) is 0 Å². The zero-order chi connectivity index (χ0) is 4.28. The van der Waals surface area contributed by atoms with E-state index in [9.17, 15) is 4.79 Å². The molecular weight excluding hydrogens is 173 g/mol. The maximum atomic E-state index is 9.76. The second-order valence-corrected chi connectivity index (χ2v) is 3.53. The molecule has 0 amide bonds. The molecule has 0 heterocycles. The summed E-state index contributed by atoms with van der Waals surface area (Å²) in [5.41, 5.74) is 0. The van der Waals surface area contributed by atoms with Gasteiger partial charge in [0.05, 0.1) is 0 Å². The Labute approximate surface area is 41.3 Å². The van der Waals surface area contributed by atoms with Crippen LogP contribution < -0.4 is 3.96 Å². The zero-order valence-electron chi connectivity index (χ0n) is 2.99. The van der Waals surface area contributed by atoms with Crippen molar-refractivity contribution < 1.29 is 4.79 Å². The molecule has 0 spiro atoms. The summed E-state index contributed by atoms with van der Waals surface area (Å²) in [6.07, 6.45) is 0. The molecule has 0 saturated carbocycles. The molecule has 0 fully saturated rings. The van der Waals surface area contributed by atoms with Gasteiger partial charge in [0.25, 0.3) is 0 Å². The minimum atomic E-state index is -1.00. The van der Waals surface area contributed by atoms with Gasteiger partial charge in [0, 0.05) is 0 Å². The van der Waals surface area contributed by atoms with E-state index in [4.69, 9.17) is 3.96 Å². The molecule has 2 radical (unpaired) electrons. The van der Waals surface area contributed by atoms with Crippen LogP contribution in [0.1, 0.15) is 6.92 Å². The van der Waals surface area contributed by atoms with E-state index in [1.807, 2.05) is 0 Å². The van der Waals surface area contributed by atoms with Crippen molar-refractivity contribution in [3.63, 3.8) is 0 Å². The van der Waals surface area contributed by atoms with Gasteiger partial charge < -0.3 is 0 Å². The fraction of sp³-hybridized carbons (Fsp3) is 0.500. The first-order chi connectivity index (χ1) is 2.27. The summed E-state index contributed by atoms with van der Waals surface area (Å²) < 4.78 is 5.19. The second-order valence-electron chi connectivity index (χ2n) is 0.701. The summed E-state index contributed by atoms with van der Waals surface area (Å²) in [7, 11) is 0. The van der Waals surface area contributed by atoms with Crippen LogP contribution in [0.4, 0.5) is 0 Å². The summed E-state index contributed by atoms with van der Waals surface area (Å²) in [5.74, 6) is 0.